The van der Waals surface area contributed by atoms with Gasteiger partial charge in [0.15, 0.2) is 0 Å². The molecule has 3 rings (SSSR count). The van der Waals surface area contributed by atoms with Crippen molar-refractivity contribution in [1.29, 1.82) is 0 Å². The second-order valence-corrected chi connectivity index (χ2v) is 5.16. The first kappa shape index (κ1) is 7.44. The molecule has 0 aliphatic heterocycles. The molecular formula is C11H15Cl. The number of hydrogen-bond acceptors (Lipinski definition) is 0. The molecule has 1 heteroatoms. The molecule has 0 bridgehead atoms. The van der Waals surface area contributed by atoms with Crippen molar-refractivity contribution in [3.63, 3.8) is 0 Å². The highest BCUT2D eigenvalue weighted by atomic mass is 35.5. The van der Waals surface area contributed by atoms with Gasteiger partial charge >= 0.3 is 0 Å². The summed E-state index contributed by atoms with van der Waals surface area (Å²) >= 11 is 6.43. The lowest BCUT2D eigenvalue weighted by atomic mass is 9.91. The fourth-order valence-corrected chi connectivity index (χ4v) is 4.35. The highest BCUT2D eigenvalue weighted by molar-refractivity contribution is 6.24. The van der Waals surface area contributed by atoms with Crippen LogP contribution in [0.3, 0.4) is 0 Å². The van der Waals surface area contributed by atoms with E-state index in [9.17, 15) is 0 Å². The van der Waals surface area contributed by atoms with Gasteiger partial charge in [0.25, 0.3) is 0 Å². The molecule has 2 saturated carbocycles. The second-order valence-electron chi connectivity index (χ2n) is 4.73. The van der Waals surface area contributed by atoms with E-state index in [-0.39, 0.29) is 0 Å². The molecular weight excluding hydrogens is 168 g/mol. The number of rotatable bonds is 0. The maximum Gasteiger partial charge on any atom is 0.0500 e. The summed E-state index contributed by atoms with van der Waals surface area (Å²) in [4.78, 5) is 0. The van der Waals surface area contributed by atoms with E-state index < -0.39 is 0 Å². The molecule has 3 atom stereocenters. The van der Waals surface area contributed by atoms with E-state index in [0.29, 0.717) is 16.2 Å². The minimum Gasteiger partial charge on any atom is -0.121 e. The van der Waals surface area contributed by atoms with E-state index in [4.69, 9.17) is 11.6 Å². The van der Waals surface area contributed by atoms with Crippen molar-refractivity contribution in [2.45, 2.75) is 43.9 Å². The Balaban J connectivity index is 1.99. The van der Waals surface area contributed by atoms with Crippen LogP contribution in [0.2, 0.25) is 0 Å². The zero-order valence-corrected chi connectivity index (χ0v) is 8.11. The van der Waals surface area contributed by atoms with Gasteiger partial charge in [-0.25, -0.2) is 0 Å². The van der Waals surface area contributed by atoms with Gasteiger partial charge < -0.3 is 0 Å². The lowest BCUT2D eigenvalue weighted by Crippen LogP contribution is -2.04. The van der Waals surface area contributed by atoms with Crippen LogP contribution < -0.4 is 0 Å². The van der Waals surface area contributed by atoms with Gasteiger partial charge in [-0.15, -0.1) is 11.6 Å². The molecule has 3 aliphatic carbocycles. The minimum atomic E-state index is 0.463. The van der Waals surface area contributed by atoms with Gasteiger partial charge in [0.2, 0.25) is 0 Å². The zero-order chi connectivity index (χ0) is 8.23. The highest BCUT2D eigenvalue weighted by Crippen LogP contribution is 2.77. The predicted molar refractivity (Wildman–Crippen MR) is 51.3 cm³/mol. The van der Waals surface area contributed by atoms with Crippen molar-refractivity contribution in [3.05, 3.63) is 12.2 Å². The summed E-state index contributed by atoms with van der Waals surface area (Å²) in [5.74, 6) is 0. The summed E-state index contributed by atoms with van der Waals surface area (Å²) in [7, 11) is 0. The lowest BCUT2D eigenvalue weighted by molar-refractivity contribution is 0.396. The number of alkyl halides is 1. The van der Waals surface area contributed by atoms with E-state index in [1.54, 1.807) is 0 Å². The molecule has 0 aromatic carbocycles. The average Bonchev–Trinajstić information content (AvgIpc) is 2.45. The van der Waals surface area contributed by atoms with Gasteiger partial charge in [0.1, 0.15) is 0 Å². The fraction of sp³-hybridized carbons (Fsp3) is 0.818. The summed E-state index contributed by atoms with van der Waals surface area (Å²) in [6, 6.07) is 0. The van der Waals surface area contributed by atoms with Crippen LogP contribution in [-0.2, 0) is 0 Å². The van der Waals surface area contributed by atoms with Crippen LogP contribution in [0.15, 0.2) is 12.2 Å². The normalized spacial score (nSPS) is 55.9. The summed E-state index contributed by atoms with van der Waals surface area (Å²) in [6.07, 6.45) is 13.0. The first-order chi connectivity index (χ1) is 5.82. The van der Waals surface area contributed by atoms with E-state index in [2.05, 4.69) is 12.2 Å². The van der Waals surface area contributed by atoms with Crippen molar-refractivity contribution in [3.8, 4) is 0 Å². The van der Waals surface area contributed by atoms with Gasteiger partial charge in [-0.05, 0) is 19.3 Å². The summed E-state index contributed by atoms with van der Waals surface area (Å²) < 4.78 is 0. The summed E-state index contributed by atoms with van der Waals surface area (Å²) in [5.41, 5.74) is 0.996. The molecule has 3 aliphatic rings. The Bertz CT molecular complexity index is 245. The lowest BCUT2D eigenvalue weighted by Gasteiger charge is -2.12. The van der Waals surface area contributed by atoms with E-state index >= 15 is 0 Å². The third kappa shape index (κ3) is 0.596. The molecule has 0 spiro atoms. The Labute approximate surface area is 79.0 Å². The summed E-state index contributed by atoms with van der Waals surface area (Å²) in [5, 5.41) is 0.482. The molecule has 0 aromatic rings. The molecule has 2 fully saturated rings. The summed E-state index contributed by atoms with van der Waals surface area (Å²) in [6.45, 7) is 0. The van der Waals surface area contributed by atoms with Crippen molar-refractivity contribution in [2.24, 2.45) is 10.8 Å². The maximum absolute atomic E-state index is 6.43. The van der Waals surface area contributed by atoms with Crippen LogP contribution in [0.4, 0.5) is 0 Å². The molecule has 0 radical (unpaired) electrons. The molecule has 0 saturated heterocycles. The molecule has 0 unspecified atom stereocenters. The van der Waals surface area contributed by atoms with E-state index in [0.717, 1.165) is 0 Å². The van der Waals surface area contributed by atoms with Gasteiger partial charge in [-0.2, -0.15) is 0 Å². The Hall–Kier alpha value is 0.0300. The Morgan fingerprint density at radius 3 is 2.92 bits per heavy atom. The van der Waals surface area contributed by atoms with Crippen LogP contribution in [0.1, 0.15) is 38.5 Å². The van der Waals surface area contributed by atoms with E-state index in [1.165, 1.54) is 38.5 Å². The van der Waals surface area contributed by atoms with Crippen molar-refractivity contribution >= 4 is 11.6 Å². The van der Waals surface area contributed by atoms with Crippen molar-refractivity contribution in [1.82, 2.24) is 0 Å². The van der Waals surface area contributed by atoms with Crippen LogP contribution in [0.5, 0.6) is 0 Å². The second kappa shape index (κ2) is 2.09. The maximum atomic E-state index is 6.43. The Morgan fingerprint density at radius 2 is 2.00 bits per heavy atom. The monoisotopic (exact) mass is 182 g/mol. The first-order valence-corrected chi connectivity index (χ1v) is 5.57. The van der Waals surface area contributed by atoms with Crippen LogP contribution in [-0.4, -0.2) is 5.38 Å². The molecule has 66 valence electrons. The standard InChI is InChI=1S/C11H15Cl/c12-9-10-5-2-1-3-6-11(9,10)8-4-7-10/h4,7,9H,1-3,5-6,8H2/t9-,10-,11+/m0/s1. The number of hydrogen-bond donors (Lipinski definition) is 0. The topological polar surface area (TPSA) is 0 Å². The third-order valence-electron chi connectivity index (χ3n) is 4.39. The van der Waals surface area contributed by atoms with Gasteiger partial charge in [-0.1, -0.05) is 31.4 Å². The van der Waals surface area contributed by atoms with Crippen molar-refractivity contribution < 1.29 is 0 Å². The number of allylic oxidation sites excluding steroid dienone is 2. The average molecular weight is 183 g/mol. The highest BCUT2D eigenvalue weighted by Gasteiger charge is 2.74. The third-order valence-corrected chi connectivity index (χ3v) is 5.20. The first-order valence-electron chi connectivity index (χ1n) is 5.14. The molecule has 0 N–H and O–H groups in total. The van der Waals surface area contributed by atoms with Crippen LogP contribution in [0.25, 0.3) is 0 Å². The Kier molecular flexibility index (Phi) is 1.30. The molecule has 0 nitrogen and oxygen atoms in total. The van der Waals surface area contributed by atoms with Crippen LogP contribution in [0, 0.1) is 10.8 Å². The van der Waals surface area contributed by atoms with Crippen molar-refractivity contribution in [2.75, 3.05) is 0 Å². The number of halogens is 1. The predicted octanol–water partition coefficient (Wildman–Crippen LogP) is 3.50. The van der Waals surface area contributed by atoms with Gasteiger partial charge in [-0.3, -0.25) is 0 Å². The minimum absolute atomic E-state index is 0.463. The van der Waals surface area contributed by atoms with E-state index in [1.807, 2.05) is 0 Å². The molecule has 0 amide bonds. The Morgan fingerprint density at radius 1 is 1.17 bits per heavy atom. The quantitative estimate of drug-likeness (QED) is 0.397. The molecule has 0 heterocycles. The van der Waals surface area contributed by atoms with Gasteiger partial charge in [0, 0.05) is 10.8 Å². The smallest absolute Gasteiger partial charge is 0.0500 e. The van der Waals surface area contributed by atoms with Crippen LogP contribution >= 0.6 is 11.6 Å². The van der Waals surface area contributed by atoms with Gasteiger partial charge in [0.05, 0.1) is 5.38 Å². The largest absolute Gasteiger partial charge is 0.121 e. The molecule has 0 aromatic heterocycles. The molecule has 12 heavy (non-hydrogen) atoms. The zero-order valence-electron chi connectivity index (χ0n) is 7.35. The fourth-order valence-electron chi connectivity index (χ4n) is 3.61. The SMILES string of the molecule is Cl[C@@H]1[C@@]23CC=C[C@@]12CCCCC3.